The second-order valence-electron chi connectivity index (χ2n) is 2.31. The van der Waals surface area contributed by atoms with Gasteiger partial charge in [-0.05, 0) is 11.1 Å². The Morgan fingerprint density at radius 3 is 2.46 bits per heavy atom. The summed E-state index contributed by atoms with van der Waals surface area (Å²) >= 11 is 0. The lowest BCUT2D eigenvalue weighted by Crippen LogP contribution is -2.04. The first-order chi connectivity index (χ1) is 7.69. The highest BCUT2D eigenvalue weighted by atomic mass is 16.5. The molecule has 0 fully saturated rings. The third-order valence-electron chi connectivity index (χ3n) is 1.45. The number of methoxy groups -OCH3 is 1. The highest BCUT2D eigenvalue weighted by Gasteiger charge is 2.01. The van der Waals surface area contributed by atoms with Crippen LogP contribution in [-0.2, 0) is 22.5 Å². The van der Waals surface area contributed by atoms with Gasteiger partial charge in [0.2, 0.25) is 0 Å². The average molecular weight is 184 g/mol. The van der Waals surface area contributed by atoms with Crippen molar-refractivity contribution in [2.45, 2.75) is 12.9 Å². The van der Waals surface area contributed by atoms with Gasteiger partial charge in [-0.25, -0.2) is 0 Å². The monoisotopic (exact) mass is 184 g/mol. The molecule has 0 saturated carbocycles. The summed E-state index contributed by atoms with van der Waals surface area (Å²) in [5.41, 5.74) is 0.0271. The lowest BCUT2D eigenvalue weighted by Gasteiger charge is -2.00. The third-order valence-corrected chi connectivity index (χ3v) is 1.45. The first-order valence-electron chi connectivity index (χ1n) is 5.61. The minimum Gasteiger partial charge on any atom is -0.469 e. The summed E-state index contributed by atoms with van der Waals surface area (Å²) in [6.07, 6.45) is -2.30. The fourth-order valence-electron chi connectivity index (χ4n) is 0.797. The van der Waals surface area contributed by atoms with Crippen LogP contribution in [0.5, 0.6) is 0 Å². The van der Waals surface area contributed by atoms with Crippen LogP contribution in [0.4, 0.5) is 0 Å². The molecule has 13 heavy (non-hydrogen) atoms. The molecule has 3 nitrogen and oxygen atoms in total. The molecular weight excluding hydrogens is 168 g/mol. The number of carbonyl (C=O) groups is 1. The Kier molecular flexibility index (Phi) is 1.92. The maximum atomic E-state index is 11.2. The quantitative estimate of drug-likeness (QED) is 0.710. The molecule has 0 unspecified atom stereocenters. The first-order valence-corrected chi connectivity index (χ1v) is 3.61. The molecule has 1 aromatic rings. The van der Waals surface area contributed by atoms with Gasteiger partial charge in [-0.3, -0.25) is 4.79 Å². The summed E-state index contributed by atoms with van der Waals surface area (Å²) < 4.78 is 33.5. The van der Waals surface area contributed by atoms with Crippen molar-refractivity contribution in [3.05, 3.63) is 35.4 Å². The van der Waals surface area contributed by atoms with Crippen molar-refractivity contribution in [1.82, 2.24) is 0 Å². The zero-order valence-electron chi connectivity index (χ0n) is 11.1. The highest BCUT2D eigenvalue weighted by molar-refractivity contribution is 5.72. The number of benzene rings is 1. The number of carbonyl (C=O) groups excluding carboxylic acids is 1. The number of esters is 1. The summed E-state index contributed by atoms with van der Waals surface area (Å²) in [6.45, 7) is -2.49. The second kappa shape index (κ2) is 4.62. The van der Waals surface area contributed by atoms with Gasteiger partial charge < -0.3 is 9.84 Å². The van der Waals surface area contributed by atoms with Crippen molar-refractivity contribution in [1.29, 1.82) is 0 Å². The van der Waals surface area contributed by atoms with Gasteiger partial charge in [-0.15, -0.1) is 0 Å². The van der Waals surface area contributed by atoms with Gasteiger partial charge in [0.15, 0.2) is 0 Å². The molecule has 0 amide bonds. The molecule has 0 aliphatic rings. The minimum absolute atomic E-state index is 0.0121. The zero-order chi connectivity index (χ0) is 13.3. The molecule has 1 aromatic carbocycles. The van der Waals surface area contributed by atoms with Gasteiger partial charge in [0.25, 0.3) is 0 Å². The lowest BCUT2D eigenvalue weighted by atomic mass is 10.1. The molecule has 1 rings (SSSR count). The van der Waals surface area contributed by atoms with Gasteiger partial charge in [0.05, 0.1) is 22.8 Å². The van der Waals surface area contributed by atoms with Crippen LogP contribution in [-0.4, -0.2) is 18.2 Å². The Hall–Kier alpha value is -1.35. The van der Waals surface area contributed by atoms with E-state index < -0.39 is 18.9 Å². The molecule has 70 valence electrons. The maximum Gasteiger partial charge on any atom is 0.309 e. The number of hydrogen-bond donors (Lipinski definition) is 1. The van der Waals surface area contributed by atoms with Gasteiger partial charge >= 0.3 is 5.97 Å². The number of hydrogen-bond acceptors (Lipinski definition) is 3. The molecule has 0 heterocycles. The molecule has 0 saturated heterocycles. The lowest BCUT2D eigenvalue weighted by molar-refractivity contribution is -0.139. The predicted octanol–water partition coefficient (Wildman–Crippen LogP) is 0.894. The van der Waals surface area contributed by atoms with Gasteiger partial charge in [-0.1, -0.05) is 24.3 Å². The smallest absolute Gasteiger partial charge is 0.309 e. The van der Waals surface area contributed by atoms with Crippen molar-refractivity contribution < 1.29 is 20.1 Å². The zero-order valence-corrected chi connectivity index (χ0v) is 7.07. The number of ether oxygens (including phenoxy) is 1. The molecule has 3 heteroatoms. The Bertz CT molecular complexity index is 409. The first kappa shape index (κ1) is 5.40. The van der Waals surface area contributed by atoms with Crippen LogP contribution in [0.25, 0.3) is 0 Å². The van der Waals surface area contributed by atoms with Gasteiger partial charge in [-0.2, -0.15) is 0 Å². The number of aliphatic hydroxyl groups is 1. The van der Waals surface area contributed by atoms with E-state index in [1.165, 1.54) is 24.3 Å². The second-order valence-corrected chi connectivity index (χ2v) is 2.31. The van der Waals surface area contributed by atoms with Crippen LogP contribution in [0.2, 0.25) is 0 Å². The SMILES string of the molecule is [2H]C([2H])(O)c1ccc(C([2H])([2H])C(=O)OC)cc1. The molecule has 0 aromatic heterocycles. The molecule has 0 radical (unpaired) electrons. The van der Waals surface area contributed by atoms with Crippen molar-refractivity contribution >= 4 is 5.97 Å². The van der Waals surface area contributed by atoms with Crippen LogP contribution in [0.1, 0.15) is 16.6 Å². The van der Waals surface area contributed by atoms with Crippen LogP contribution < -0.4 is 0 Å². The van der Waals surface area contributed by atoms with E-state index in [0.29, 0.717) is 0 Å². The van der Waals surface area contributed by atoms with Crippen molar-refractivity contribution in [2.75, 3.05) is 7.11 Å². The van der Waals surface area contributed by atoms with Crippen molar-refractivity contribution in [3.8, 4) is 0 Å². The van der Waals surface area contributed by atoms with E-state index in [-0.39, 0.29) is 11.1 Å². The molecule has 0 atom stereocenters. The topological polar surface area (TPSA) is 46.5 Å². The fraction of sp³-hybridized carbons (Fsp3) is 0.300. The minimum atomic E-state index is -2.49. The van der Waals surface area contributed by atoms with E-state index >= 15 is 0 Å². The third kappa shape index (κ3) is 2.87. The standard InChI is InChI=1S/C10H12O3/c1-13-10(12)6-8-2-4-9(7-11)5-3-8/h2-5,11H,6-7H2,1H3/i6D2,7D2. The fourth-order valence-corrected chi connectivity index (χ4v) is 0.797. The molecule has 0 spiro atoms. The van der Waals surface area contributed by atoms with E-state index in [1.54, 1.807) is 0 Å². The van der Waals surface area contributed by atoms with E-state index in [2.05, 4.69) is 4.74 Å². The average Bonchev–Trinajstić information content (AvgIpc) is 2.27. The van der Waals surface area contributed by atoms with Crippen LogP contribution in [0, 0.1) is 0 Å². The predicted molar refractivity (Wildman–Crippen MR) is 48.1 cm³/mol. The number of rotatable bonds is 3. The molecular formula is C10H12O3. The van der Waals surface area contributed by atoms with Crippen molar-refractivity contribution in [3.63, 3.8) is 0 Å². The molecule has 0 bridgehead atoms. The van der Waals surface area contributed by atoms with E-state index in [4.69, 9.17) is 10.6 Å². The molecule has 0 aliphatic heterocycles. The Morgan fingerprint density at radius 1 is 1.46 bits per heavy atom. The summed E-state index contributed by atoms with van der Waals surface area (Å²) in [7, 11) is 1.08. The Balaban J connectivity index is 3.07. The molecule has 0 aliphatic carbocycles. The summed E-state index contributed by atoms with van der Waals surface area (Å²) in [5.74, 6) is -1.03. The molecule has 1 N–H and O–H groups in total. The van der Waals surface area contributed by atoms with Gasteiger partial charge in [0.1, 0.15) is 0 Å². The Morgan fingerprint density at radius 2 is 2.00 bits per heavy atom. The normalized spacial score (nSPS) is 16.5. The van der Waals surface area contributed by atoms with Gasteiger partial charge in [0, 0.05) is 2.74 Å². The Labute approximate surface area is 82.6 Å². The van der Waals surface area contributed by atoms with Crippen LogP contribution in [0.15, 0.2) is 24.3 Å². The van der Waals surface area contributed by atoms with Crippen LogP contribution in [0.3, 0.4) is 0 Å². The van der Waals surface area contributed by atoms with Crippen molar-refractivity contribution in [2.24, 2.45) is 0 Å². The highest BCUT2D eigenvalue weighted by Crippen LogP contribution is 2.05. The summed E-state index contributed by atoms with van der Waals surface area (Å²) in [5, 5.41) is 9.09. The largest absolute Gasteiger partial charge is 0.469 e. The van der Waals surface area contributed by atoms with Crippen LogP contribution >= 0.6 is 0 Å². The van der Waals surface area contributed by atoms with E-state index in [1.807, 2.05) is 0 Å². The maximum absolute atomic E-state index is 11.2. The summed E-state index contributed by atoms with van der Waals surface area (Å²) in [4.78, 5) is 11.2. The van der Waals surface area contributed by atoms with E-state index in [0.717, 1.165) is 7.11 Å². The summed E-state index contributed by atoms with van der Waals surface area (Å²) in [6, 6.07) is 4.91. The van der Waals surface area contributed by atoms with E-state index in [9.17, 15) is 4.79 Å².